The SMILES string of the molecule is C[C@@H](COCCC(=O)N1Cc2cc3c(n2C=C1C(F)(F)F)N=CCC3)Nc1cn[nH]c(=O)c1C(F)(F)F. The summed E-state index contributed by atoms with van der Waals surface area (Å²) >= 11 is 0. The number of carbonyl (C=O) groups is 1. The molecule has 0 aromatic carbocycles. The van der Waals surface area contributed by atoms with Gasteiger partial charge in [-0.2, -0.15) is 31.4 Å². The lowest BCUT2D eigenvalue weighted by Crippen LogP contribution is -2.39. The Morgan fingerprint density at radius 3 is 2.70 bits per heavy atom. The number of aliphatic imine (C=N–C) groups is 1. The van der Waals surface area contributed by atoms with Crippen molar-refractivity contribution in [3.05, 3.63) is 45.1 Å². The van der Waals surface area contributed by atoms with Crippen LogP contribution in [0.4, 0.5) is 37.8 Å². The summed E-state index contributed by atoms with van der Waals surface area (Å²) in [5.41, 5.74) is -3.23. The van der Waals surface area contributed by atoms with Crippen molar-refractivity contribution in [1.29, 1.82) is 0 Å². The largest absolute Gasteiger partial charge is 0.432 e. The van der Waals surface area contributed by atoms with Crippen molar-refractivity contribution in [3.8, 4) is 0 Å². The number of aromatic amines is 1. The molecule has 2 aliphatic rings. The smallest absolute Gasteiger partial charge is 0.379 e. The Labute approximate surface area is 205 Å². The third-order valence-corrected chi connectivity index (χ3v) is 5.75. The molecule has 0 aliphatic carbocycles. The van der Waals surface area contributed by atoms with Gasteiger partial charge in [0.2, 0.25) is 5.91 Å². The van der Waals surface area contributed by atoms with E-state index in [2.05, 4.69) is 15.4 Å². The van der Waals surface area contributed by atoms with Crippen molar-refractivity contribution >= 4 is 29.8 Å². The lowest BCUT2D eigenvalue weighted by atomic mass is 10.1. The lowest BCUT2D eigenvalue weighted by Gasteiger charge is -2.31. The van der Waals surface area contributed by atoms with Crippen LogP contribution in [0.1, 0.15) is 36.6 Å². The average Bonchev–Trinajstić information content (AvgIpc) is 3.17. The van der Waals surface area contributed by atoms with Crippen LogP contribution < -0.4 is 10.9 Å². The van der Waals surface area contributed by atoms with Gasteiger partial charge in [0, 0.05) is 24.2 Å². The first kappa shape index (κ1) is 26.4. The maximum atomic E-state index is 13.8. The van der Waals surface area contributed by atoms with Crippen molar-refractivity contribution in [2.24, 2.45) is 4.99 Å². The van der Waals surface area contributed by atoms with E-state index in [1.807, 2.05) is 0 Å². The van der Waals surface area contributed by atoms with E-state index in [-0.39, 0.29) is 26.2 Å². The number of anilines is 1. The molecule has 0 radical (unpaired) electrons. The summed E-state index contributed by atoms with van der Waals surface area (Å²) in [7, 11) is 0. The first-order valence-electron chi connectivity index (χ1n) is 11.2. The molecule has 0 unspecified atom stereocenters. The van der Waals surface area contributed by atoms with Gasteiger partial charge in [0.25, 0.3) is 5.56 Å². The van der Waals surface area contributed by atoms with Crippen LogP contribution in [0, 0.1) is 0 Å². The van der Waals surface area contributed by atoms with E-state index in [9.17, 15) is 35.9 Å². The Balaban J connectivity index is 1.36. The van der Waals surface area contributed by atoms with Crippen LogP contribution in [0.25, 0.3) is 6.20 Å². The van der Waals surface area contributed by atoms with Gasteiger partial charge >= 0.3 is 12.4 Å². The number of hydrogen-bond donors (Lipinski definition) is 2. The summed E-state index contributed by atoms with van der Waals surface area (Å²) in [6, 6.07) is 0.994. The van der Waals surface area contributed by atoms with Crippen LogP contribution >= 0.6 is 0 Å². The van der Waals surface area contributed by atoms with Crippen LogP contribution in [-0.4, -0.2) is 57.2 Å². The number of nitrogens with zero attached hydrogens (tertiary/aromatic N) is 4. The number of aryl methyl sites for hydroxylation is 1. The Morgan fingerprint density at radius 2 is 2.00 bits per heavy atom. The van der Waals surface area contributed by atoms with E-state index in [4.69, 9.17) is 4.74 Å². The molecular formula is C22H22F6N6O3. The Hall–Kier alpha value is -3.62. The molecule has 37 heavy (non-hydrogen) atoms. The molecule has 2 N–H and O–H groups in total. The fourth-order valence-corrected chi connectivity index (χ4v) is 4.13. The number of nitrogens with one attached hydrogen (secondary N) is 2. The second-order valence-corrected chi connectivity index (χ2v) is 8.55. The molecule has 2 aromatic rings. The maximum Gasteiger partial charge on any atom is 0.432 e. The molecular weight excluding hydrogens is 510 g/mol. The number of alkyl halides is 6. The molecule has 1 amide bonds. The topological polar surface area (TPSA) is 105 Å². The predicted octanol–water partition coefficient (Wildman–Crippen LogP) is 3.85. The Bertz CT molecular complexity index is 1290. The number of allylic oxidation sites excluding steroid dienone is 1. The van der Waals surface area contributed by atoms with Crippen LogP contribution in [0.2, 0.25) is 0 Å². The molecule has 1 atom stereocenters. The third kappa shape index (κ3) is 5.70. The highest BCUT2D eigenvalue weighted by molar-refractivity contribution is 5.80. The molecule has 9 nitrogen and oxygen atoms in total. The Morgan fingerprint density at radius 1 is 1.24 bits per heavy atom. The molecule has 0 saturated carbocycles. The van der Waals surface area contributed by atoms with Crippen LogP contribution in [0.3, 0.4) is 0 Å². The maximum absolute atomic E-state index is 13.8. The lowest BCUT2D eigenvalue weighted by molar-refractivity contribution is -0.144. The van der Waals surface area contributed by atoms with Crippen molar-refractivity contribution in [3.63, 3.8) is 0 Å². The van der Waals surface area contributed by atoms with Gasteiger partial charge in [-0.05, 0) is 31.4 Å². The summed E-state index contributed by atoms with van der Waals surface area (Å²) in [6.45, 7) is 0.720. The summed E-state index contributed by atoms with van der Waals surface area (Å²) in [6.07, 6.45) is -5.48. The second kappa shape index (κ2) is 10.0. The zero-order valence-electron chi connectivity index (χ0n) is 19.4. The molecule has 15 heteroatoms. The molecule has 2 aromatic heterocycles. The molecule has 0 saturated heterocycles. The first-order chi connectivity index (χ1) is 17.4. The summed E-state index contributed by atoms with van der Waals surface area (Å²) in [5, 5.41) is 7.54. The fraction of sp³-hybridized carbons (Fsp3) is 0.455. The highest BCUT2D eigenvalue weighted by Gasteiger charge is 2.43. The van der Waals surface area contributed by atoms with Crippen LogP contribution in [0.5, 0.6) is 0 Å². The summed E-state index contributed by atoms with van der Waals surface area (Å²) in [5.74, 6) is -0.402. The van der Waals surface area contributed by atoms with E-state index in [0.29, 0.717) is 29.3 Å². The number of fused-ring (bicyclic) bond motifs is 3. The quantitative estimate of drug-likeness (QED) is 0.417. The second-order valence-electron chi connectivity index (χ2n) is 8.55. The molecule has 0 fully saturated rings. The molecule has 4 heterocycles. The zero-order chi connectivity index (χ0) is 27.0. The minimum absolute atomic E-state index is 0.188. The van der Waals surface area contributed by atoms with Crippen LogP contribution in [-0.2, 0) is 28.7 Å². The van der Waals surface area contributed by atoms with Gasteiger partial charge in [0.15, 0.2) is 0 Å². The van der Waals surface area contributed by atoms with E-state index in [0.717, 1.165) is 18.0 Å². The van der Waals surface area contributed by atoms with Crippen molar-refractivity contribution in [2.45, 2.75) is 51.1 Å². The third-order valence-electron chi connectivity index (χ3n) is 5.75. The highest BCUT2D eigenvalue weighted by Crippen LogP contribution is 2.38. The van der Waals surface area contributed by atoms with Crippen molar-refractivity contribution in [2.75, 3.05) is 18.5 Å². The van der Waals surface area contributed by atoms with Crippen LogP contribution in [0.15, 0.2) is 27.7 Å². The van der Waals surface area contributed by atoms with Gasteiger partial charge in [-0.15, -0.1) is 0 Å². The average molecular weight is 532 g/mol. The van der Waals surface area contributed by atoms with Gasteiger partial charge < -0.3 is 19.5 Å². The molecule has 0 bridgehead atoms. The van der Waals surface area contributed by atoms with Gasteiger partial charge in [0.05, 0.1) is 38.1 Å². The van der Waals surface area contributed by atoms with Gasteiger partial charge in [-0.3, -0.25) is 9.59 Å². The predicted molar refractivity (Wildman–Crippen MR) is 120 cm³/mol. The molecule has 2 aliphatic heterocycles. The number of amides is 1. The van der Waals surface area contributed by atoms with E-state index in [1.165, 1.54) is 11.5 Å². The molecule has 200 valence electrons. The number of rotatable bonds is 7. The number of carbonyl (C=O) groups excluding carboxylic acids is 1. The minimum atomic E-state index is -4.92. The first-order valence-corrected chi connectivity index (χ1v) is 11.2. The molecule has 4 rings (SSSR count). The number of halogens is 6. The minimum Gasteiger partial charge on any atom is -0.379 e. The standard InChI is InChI=1S/C22H22F6N6O3/c1-12(31-15-8-30-32-20(36)18(15)22(26,27)28)11-37-6-4-17(35)34-9-14-7-13-3-2-5-29-19(13)33(14)10-16(34)21(23,24)25/h5,7-8,10,12H,2-4,6,9,11H2,1H3,(H2,31,32,36)/t12-/m0/s1. The fourth-order valence-electron chi connectivity index (χ4n) is 4.13. The van der Waals surface area contributed by atoms with Gasteiger partial charge in [-0.25, -0.2) is 10.1 Å². The highest BCUT2D eigenvalue weighted by atomic mass is 19.4. The monoisotopic (exact) mass is 532 g/mol. The van der Waals surface area contributed by atoms with E-state index < -0.39 is 46.8 Å². The van der Waals surface area contributed by atoms with E-state index in [1.54, 1.807) is 17.4 Å². The number of aromatic nitrogens is 3. The number of H-pyrrole nitrogens is 1. The van der Waals surface area contributed by atoms with E-state index >= 15 is 0 Å². The summed E-state index contributed by atoms with van der Waals surface area (Å²) < 4.78 is 87.4. The molecule has 0 spiro atoms. The normalized spacial score (nSPS) is 16.2. The zero-order valence-corrected chi connectivity index (χ0v) is 19.4. The summed E-state index contributed by atoms with van der Waals surface area (Å²) in [4.78, 5) is 29.1. The van der Waals surface area contributed by atoms with Gasteiger partial charge in [-0.1, -0.05) is 0 Å². The Kier molecular flexibility index (Phi) is 7.17. The number of ether oxygens (including phenoxy) is 1. The number of hydrogen-bond acceptors (Lipinski definition) is 6. The van der Waals surface area contributed by atoms with Gasteiger partial charge in [0.1, 0.15) is 17.1 Å². The van der Waals surface area contributed by atoms with Crippen molar-refractivity contribution in [1.82, 2.24) is 19.7 Å². The van der Waals surface area contributed by atoms with Crippen molar-refractivity contribution < 1.29 is 35.9 Å².